The summed E-state index contributed by atoms with van der Waals surface area (Å²) < 4.78 is 0. The standard InChI is InChI=1S/C20H34N4O/c1-7-21-20(23(6)15-19(25)24(8-2)9-3)22-14-17(5)18-12-10-16(4)11-13-18/h10-13,17H,7-9,14-15H2,1-6H3,(H,21,22). The second-order valence-corrected chi connectivity index (χ2v) is 6.43. The van der Waals surface area contributed by atoms with Crippen molar-refractivity contribution in [3.8, 4) is 0 Å². The first-order chi connectivity index (χ1) is 11.9. The average Bonchev–Trinajstić information content (AvgIpc) is 2.59. The van der Waals surface area contributed by atoms with Gasteiger partial charge in [-0.05, 0) is 33.3 Å². The van der Waals surface area contributed by atoms with Gasteiger partial charge in [0.05, 0.1) is 6.54 Å². The number of carbonyl (C=O) groups is 1. The van der Waals surface area contributed by atoms with Crippen LogP contribution in [0.4, 0.5) is 0 Å². The summed E-state index contributed by atoms with van der Waals surface area (Å²) in [5.74, 6) is 1.24. The molecule has 25 heavy (non-hydrogen) atoms. The third-order valence-electron chi connectivity index (χ3n) is 4.35. The van der Waals surface area contributed by atoms with E-state index in [-0.39, 0.29) is 5.91 Å². The first kappa shape index (κ1) is 21.0. The molecule has 0 radical (unpaired) electrons. The first-order valence-electron chi connectivity index (χ1n) is 9.26. The molecule has 0 aromatic heterocycles. The Morgan fingerprint density at radius 2 is 1.76 bits per heavy atom. The number of nitrogens with one attached hydrogen (secondary N) is 1. The highest BCUT2D eigenvalue weighted by Crippen LogP contribution is 2.16. The van der Waals surface area contributed by atoms with E-state index in [4.69, 9.17) is 4.99 Å². The number of hydrogen-bond donors (Lipinski definition) is 1. The Kier molecular flexibility index (Phi) is 9.03. The Morgan fingerprint density at radius 1 is 1.16 bits per heavy atom. The van der Waals surface area contributed by atoms with Gasteiger partial charge in [0.2, 0.25) is 5.91 Å². The predicted molar refractivity (Wildman–Crippen MR) is 106 cm³/mol. The van der Waals surface area contributed by atoms with Gasteiger partial charge >= 0.3 is 0 Å². The molecule has 0 aliphatic carbocycles. The molecule has 1 aromatic rings. The van der Waals surface area contributed by atoms with Crippen LogP contribution in [-0.2, 0) is 4.79 Å². The van der Waals surface area contributed by atoms with Crippen LogP contribution in [0.25, 0.3) is 0 Å². The molecule has 0 heterocycles. The molecular formula is C20H34N4O. The Morgan fingerprint density at radius 3 is 2.28 bits per heavy atom. The number of carbonyl (C=O) groups excluding carboxylic acids is 1. The second kappa shape index (κ2) is 10.7. The van der Waals surface area contributed by atoms with E-state index in [0.717, 1.165) is 25.6 Å². The van der Waals surface area contributed by atoms with Crippen LogP contribution in [0.5, 0.6) is 0 Å². The molecule has 1 atom stereocenters. The maximum Gasteiger partial charge on any atom is 0.242 e. The van der Waals surface area contributed by atoms with Gasteiger partial charge in [0.25, 0.3) is 0 Å². The van der Waals surface area contributed by atoms with Crippen LogP contribution in [0.15, 0.2) is 29.3 Å². The van der Waals surface area contributed by atoms with Crippen LogP contribution in [0.3, 0.4) is 0 Å². The molecule has 0 bridgehead atoms. The molecule has 0 aliphatic rings. The van der Waals surface area contributed by atoms with Crippen LogP contribution in [-0.4, -0.2) is 61.4 Å². The van der Waals surface area contributed by atoms with E-state index in [1.165, 1.54) is 11.1 Å². The second-order valence-electron chi connectivity index (χ2n) is 6.43. The Labute approximate surface area is 153 Å². The van der Waals surface area contributed by atoms with Crippen molar-refractivity contribution in [2.45, 2.75) is 40.5 Å². The zero-order chi connectivity index (χ0) is 18.8. The maximum atomic E-state index is 12.3. The van der Waals surface area contributed by atoms with Crippen molar-refractivity contribution in [1.82, 2.24) is 15.1 Å². The third-order valence-corrected chi connectivity index (χ3v) is 4.35. The molecule has 5 nitrogen and oxygen atoms in total. The molecule has 1 unspecified atom stereocenters. The number of amides is 1. The summed E-state index contributed by atoms with van der Waals surface area (Å²) in [5, 5.41) is 3.28. The number of guanidine groups is 1. The van der Waals surface area contributed by atoms with Crippen molar-refractivity contribution in [3.05, 3.63) is 35.4 Å². The largest absolute Gasteiger partial charge is 0.357 e. The number of nitrogens with zero attached hydrogens (tertiary/aromatic N) is 3. The van der Waals surface area contributed by atoms with Crippen molar-refractivity contribution in [2.24, 2.45) is 4.99 Å². The Balaban J connectivity index is 2.74. The van der Waals surface area contributed by atoms with E-state index < -0.39 is 0 Å². The van der Waals surface area contributed by atoms with Gasteiger partial charge in [-0.2, -0.15) is 0 Å². The zero-order valence-corrected chi connectivity index (χ0v) is 16.7. The molecule has 0 aliphatic heterocycles. The van der Waals surface area contributed by atoms with E-state index in [9.17, 15) is 4.79 Å². The highest BCUT2D eigenvalue weighted by molar-refractivity contribution is 5.86. The van der Waals surface area contributed by atoms with Crippen molar-refractivity contribution in [2.75, 3.05) is 39.8 Å². The van der Waals surface area contributed by atoms with Gasteiger partial charge in [-0.15, -0.1) is 0 Å². The van der Waals surface area contributed by atoms with Crippen LogP contribution in [0.1, 0.15) is 44.7 Å². The molecule has 0 saturated carbocycles. The molecule has 5 heteroatoms. The number of aliphatic imine (C=N–C) groups is 1. The summed E-state index contributed by atoms with van der Waals surface area (Å²) in [7, 11) is 1.92. The normalized spacial score (nSPS) is 12.6. The Hall–Kier alpha value is -2.04. The summed E-state index contributed by atoms with van der Waals surface area (Å²) in [6.45, 7) is 13.6. The lowest BCUT2D eigenvalue weighted by Crippen LogP contribution is -2.45. The lowest BCUT2D eigenvalue weighted by atomic mass is 10.0. The first-order valence-corrected chi connectivity index (χ1v) is 9.26. The monoisotopic (exact) mass is 346 g/mol. The minimum Gasteiger partial charge on any atom is -0.357 e. The van der Waals surface area contributed by atoms with Gasteiger partial charge in [-0.3, -0.25) is 9.79 Å². The van der Waals surface area contributed by atoms with Crippen molar-refractivity contribution in [1.29, 1.82) is 0 Å². The summed E-state index contributed by atoms with van der Waals surface area (Å²) in [4.78, 5) is 20.8. The smallest absolute Gasteiger partial charge is 0.242 e. The number of aryl methyl sites for hydroxylation is 1. The highest BCUT2D eigenvalue weighted by atomic mass is 16.2. The fraction of sp³-hybridized carbons (Fsp3) is 0.600. The number of benzene rings is 1. The van der Waals surface area contributed by atoms with Crippen LogP contribution in [0, 0.1) is 6.92 Å². The van der Waals surface area contributed by atoms with Crippen LogP contribution < -0.4 is 5.32 Å². The summed E-state index contributed by atoms with van der Waals surface area (Å²) >= 11 is 0. The van der Waals surface area contributed by atoms with Crippen molar-refractivity contribution in [3.63, 3.8) is 0 Å². The minimum absolute atomic E-state index is 0.129. The third kappa shape index (κ3) is 6.77. The SMILES string of the molecule is CCNC(=NCC(C)c1ccc(C)cc1)N(C)CC(=O)N(CC)CC. The molecule has 1 aromatic carbocycles. The van der Waals surface area contributed by atoms with Crippen molar-refractivity contribution >= 4 is 11.9 Å². The Bertz CT molecular complexity index is 549. The number of rotatable bonds is 8. The lowest BCUT2D eigenvalue weighted by molar-refractivity contribution is -0.131. The highest BCUT2D eigenvalue weighted by Gasteiger charge is 2.15. The quantitative estimate of drug-likeness (QED) is 0.582. The number of hydrogen-bond acceptors (Lipinski definition) is 2. The van der Waals surface area contributed by atoms with Gasteiger partial charge in [0.1, 0.15) is 0 Å². The zero-order valence-electron chi connectivity index (χ0n) is 16.7. The maximum absolute atomic E-state index is 12.3. The van der Waals surface area contributed by atoms with Crippen molar-refractivity contribution < 1.29 is 4.79 Å². The van der Waals surface area contributed by atoms with E-state index in [1.807, 2.05) is 37.6 Å². The molecule has 0 fully saturated rings. The topological polar surface area (TPSA) is 47.9 Å². The molecular weight excluding hydrogens is 312 g/mol. The molecule has 1 rings (SSSR count). The number of likely N-dealkylation sites (N-methyl/N-ethyl adjacent to an activating group) is 2. The van der Waals surface area contributed by atoms with Gasteiger partial charge in [-0.1, -0.05) is 36.8 Å². The van der Waals surface area contributed by atoms with E-state index in [1.54, 1.807) is 0 Å². The minimum atomic E-state index is 0.129. The molecule has 0 saturated heterocycles. The predicted octanol–water partition coefficient (Wildman–Crippen LogP) is 2.86. The molecule has 140 valence electrons. The van der Waals surface area contributed by atoms with Crippen LogP contribution >= 0.6 is 0 Å². The van der Waals surface area contributed by atoms with E-state index >= 15 is 0 Å². The fourth-order valence-corrected chi connectivity index (χ4v) is 2.65. The van der Waals surface area contributed by atoms with Gasteiger partial charge < -0.3 is 15.1 Å². The lowest BCUT2D eigenvalue weighted by Gasteiger charge is -2.26. The molecule has 1 N–H and O–H groups in total. The van der Waals surface area contributed by atoms with Crippen LogP contribution in [0.2, 0.25) is 0 Å². The molecule has 0 spiro atoms. The van der Waals surface area contributed by atoms with Gasteiger partial charge in [0, 0.05) is 39.1 Å². The average molecular weight is 347 g/mol. The molecule has 1 amide bonds. The fourth-order valence-electron chi connectivity index (χ4n) is 2.65. The summed E-state index contributed by atoms with van der Waals surface area (Å²) in [6, 6.07) is 8.59. The van der Waals surface area contributed by atoms with E-state index in [2.05, 4.69) is 43.4 Å². The summed E-state index contributed by atoms with van der Waals surface area (Å²) in [5.41, 5.74) is 2.55. The summed E-state index contributed by atoms with van der Waals surface area (Å²) in [6.07, 6.45) is 0. The van der Waals surface area contributed by atoms with E-state index in [0.29, 0.717) is 19.0 Å². The van der Waals surface area contributed by atoms with Gasteiger partial charge in [-0.25, -0.2) is 0 Å². The van der Waals surface area contributed by atoms with Gasteiger partial charge in [0.15, 0.2) is 5.96 Å².